The van der Waals surface area contributed by atoms with E-state index >= 15 is 0 Å². The van der Waals surface area contributed by atoms with Crippen LogP contribution in [-0.4, -0.2) is 24.4 Å². The van der Waals surface area contributed by atoms with Gasteiger partial charge in [0.1, 0.15) is 0 Å². The topological polar surface area (TPSA) is 29.5 Å². The van der Waals surface area contributed by atoms with Gasteiger partial charge in [-0.05, 0) is 18.3 Å². The normalized spacial score (nSPS) is 41.7. The smallest absolute Gasteiger partial charge is 0.0808 e. The summed E-state index contributed by atoms with van der Waals surface area (Å²) in [7, 11) is 0. The second kappa shape index (κ2) is 3.35. The van der Waals surface area contributed by atoms with Gasteiger partial charge in [-0.3, -0.25) is 0 Å². The van der Waals surface area contributed by atoms with Gasteiger partial charge in [0.25, 0.3) is 0 Å². The molecule has 1 aliphatic rings. The molecular weight excluding hydrogens is 128 g/mol. The molecule has 1 heterocycles. The van der Waals surface area contributed by atoms with Crippen molar-refractivity contribution >= 4 is 0 Å². The van der Waals surface area contributed by atoms with Crippen LogP contribution in [0.4, 0.5) is 0 Å². The van der Waals surface area contributed by atoms with Gasteiger partial charge < -0.3 is 9.84 Å². The Hall–Kier alpha value is -0.0800. The van der Waals surface area contributed by atoms with Crippen LogP contribution in [-0.2, 0) is 4.74 Å². The van der Waals surface area contributed by atoms with E-state index in [0.29, 0.717) is 11.8 Å². The van der Waals surface area contributed by atoms with Crippen molar-refractivity contribution in [2.45, 2.75) is 26.4 Å². The molecule has 1 saturated heterocycles. The summed E-state index contributed by atoms with van der Waals surface area (Å²) in [6.07, 6.45) is 1.11. The first kappa shape index (κ1) is 8.02. The van der Waals surface area contributed by atoms with Gasteiger partial charge in [0.15, 0.2) is 0 Å². The Kier molecular flexibility index (Phi) is 2.69. The zero-order chi connectivity index (χ0) is 7.56. The quantitative estimate of drug-likeness (QED) is 0.596. The van der Waals surface area contributed by atoms with Crippen LogP contribution in [0.3, 0.4) is 0 Å². The first-order chi connectivity index (χ1) is 4.74. The average Bonchev–Trinajstić information content (AvgIpc) is 1.95. The maximum absolute atomic E-state index is 8.77. The fourth-order valence-electron chi connectivity index (χ4n) is 1.29. The first-order valence-corrected chi connectivity index (χ1v) is 3.96. The Morgan fingerprint density at radius 3 is 2.60 bits per heavy atom. The van der Waals surface area contributed by atoms with E-state index in [4.69, 9.17) is 9.84 Å². The van der Waals surface area contributed by atoms with Crippen LogP contribution in [0.5, 0.6) is 0 Å². The van der Waals surface area contributed by atoms with Gasteiger partial charge in [-0.1, -0.05) is 13.8 Å². The molecule has 1 N–H and O–H groups in total. The number of rotatable bonds is 1. The van der Waals surface area contributed by atoms with Gasteiger partial charge in [-0.15, -0.1) is 0 Å². The van der Waals surface area contributed by atoms with Crippen LogP contribution in [0.1, 0.15) is 20.3 Å². The minimum Gasteiger partial charge on any atom is -0.394 e. The molecule has 1 rings (SSSR count). The number of aliphatic hydroxyl groups is 1. The van der Waals surface area contributed by atoms with E-state index in [0.717, 1.165) is 13.0 Å². The van der Waals surface area contributed by atoms with E-state index in [2.05, 4.69) is 13.8 Å². The molecule has 0 aromatic carbocycles. The maximum atomic E-state index is 8.77. The Morgan fingerprint density at radius 1 is 1.40 bits per heavy atom. The van der Waals surface area contributed by atoms with Crippen molar-refractivity contribution in [3.8, 4) is 0 Å². The molecule has 0 amide bonds. The van der Waals surface area contributed by atoms with Crippen molar-refractivity contribution in [1.29, 1.82) is 0 Å². The largest absolute Gasteiger partial charge is 0.394 e. The van der Waals surface area contributed by atoms with E-state index in [1.54, 1.807) is 0 Å². The summed E-state index contributed by atoms with van der Waals surface area (Å²) in [5.41, 5.74) is 0. The summed E-state index contributed by atoms with van der Waals surface area (Å²) < 4.78 is 5.36. The third-order valence-electron chi connectivity index (χ3n) is 2.40. The van der Waals surface area contributed by atoms with Crippen LogP contribution in [0.2, 0.25) is 0 Å². The zero-order valence-electron chi connectivity index (χ0n) is 6.71. The summed E-state index contributed by atoms with van der Waals surface area (Å²) in [6.45, 7) is 5.40. The summed E-state index contributed by atoms with van der Waals surface area (Å²) in [6, 6.07) is 0. The van der Waals surface area contributed by atoms with Gasteiger partial charge >= 0.3 is 0 Å². The second-order valence-corrected chi connectivity index (χ2v) is 3.33. The molecule has 0 unspecified atom stereocenters. The number of hydrogen-bond donors (Lipinski definition) is 1. The van der Waals surface area contributed by atoms with Crippen molar-refractivity contribution in [3.63, 3.8) is 0 Å². The minimum absolute atomic E-state index is 0.103. The lowest BCUT2D eigenvalue weighted by atomic mass is 9.89. The highest BCUT2D eigenvalue weighted by molar-refractivity contribution is 4.72. The molecular formula is C8H16O2. The van der Waals surface area contributed by atoms with Crippen molar-refractivity contribution in [2.75, 3.05) is 13.2 Å². The predicted molar refractivity (Wildman–Crippen MR) is 39.8 cm³/mol. The number of ether oxygens (including phenoxy) is 1. The van der Waals surface area contributed by atoms with Gasteiger partial charge in [-0.25, -0.2) is 0 Å². The van der Waals surface area contributed by atoms with Crippen molar-refractivity contribution in [2.24, 2.45) is 11.8 Å². The van der Waals surface area contributed by atoms with Gasteiger partial charge in [0.05, 0.1) is 12.7 Å². The Morgan fingerprint density at radius 2 is 2.10 bits per heavy atom. The zero-order valence-corrected chi connectivity index (χ0v) is 6.71. The van der Waals surface area contributed by atoms with E-state index in [-0.39, 0.29) is 12.7 Å². The summed E-state index contributed by atoms with van der Waals surface area (Å²) in [4.78, 5) is 0. The van der Waals surface area contributed by atoms with Crippen molar-refractivity contribution < 1.29 is 9.84 Å². The monoisotopic (exact) mass is 144 g/mol. The van der Waals surface area contributed by atoms with Crippen molar-refractivity contribution in [3.05, 3.63) is 0 Å². The Labute approximate surface area is 62.2 Å². The third kappa shape index (κ3) is 1.70. The predicted octanol–water partition coefficient (Wildman–Crippen LogP) is 1.04. The first-order valence-electron chi connectivity index (χ1n) is 3.96. The van der Waals surface area contributed by atoms with Crippen LogP contribution in [0.15, 0.2) is 0 Å². The molecule has 0 bridgehead atoms. The van der Waals surface area contributed by atoms with Crippen LogP contribution < -0.4 is 0 Å². The highest BCUT2D eigenvalue weighted by Crippen LogP contribution is 2.24. The van der Waals surface area contributed by atoms with Gasteiger partial charge in [0.2, 0.25) is 0 Å². The molecule has 2 heteroatoms. The lowest BCUT2D eigenvalue weighted by Gasteiger charge is -2.31. The van der Waals surface area contributed by atoms with E-state index in [9.17, 15) is 0 Å². The summed E-state index contributed by atoms with van der Waals surface area (Å²) in [5, 5.41) is 8.77. The third-order valence-corrected chi connectivity index (χ3v) is 2.40. The SMILES string of the molecule is C[C@@H]1CO[C@@H](CO)C[C@H]1C. The maximum Gasteiger partial charge on any atom is 0.0808 e. The molecule has 3 atom stereocenters. The fourth-order valence-corrected chi connectivity index (χ4v) is 1.29. The van der Waals surface area contributed by atoms with Crippen LogP contribution in [0, 0.1) is 11.8 Å². The molecule has 0 aromatic heterocycles. The lowest BCUT2D eigenvalue weighted by Crippen LogP contribution is -2.32. The average molecular weight is 144 g/mol. The van der Waals surface area contributed by atoms with Gasteiger partial charge in [-0.2, -0.15) is 0 Å². The minimum atomic E-state index is 0.103. The molecule has 2 nitrogen and oxygen atoms in total. The van der Waals surface area contributed by atoms with E-state index < -0.39 is 0 Å². The molecule has 10 heavy (non-hydrogen) atoms. The number of hydrogen-bond acceptors (Lipinski definition) is 2. The second-order valence-electron chi connectivity index (χ2n) is 3.33. The van der Waals surface area contributed by atoms with Gasteiger partial charge in [0, 0.05) is 6.61 Å². The lowest BCUT2D eigenvalue weighted by molar-refractivity contribution is -0.0602. The standard InChI is InChI=1S/C8H16O2/c1-6-3-8(4-9)10-5-7(6)2/h6-9H,3-5H2,1-2H3/t6-,7-,8-/m1/s1. The highest BCUT2D eigenvalue weighted by atomic mass is 16.5. The molecule has 60 valence electrons. The molecule has 0 aliphatic carbocycles. The van der Waals surface area contributed by atoms with Crippen LogP contribution in [0.25, 0.3) is 0 Å². The molecule has 0 saturated carbocycles. The van der Waals surface area contributed by atoms with E-state index in [1.165, 1.54) is 0 Å². The number of aliphatic hydroxyl groups excluding tert-OH is 1. The highest BCUT2D eigenvalue weighted by Gasteiger charge is 2.24. The molecule has 1 fully saturated rings. The van der Waals surface area contributed by atoms with E-state index in [1.807, 2.05) is 0 Å². The molecule has 0 radical (unpaired) electrons. The summed E-state index contributed by atoms with van der Waals surface area (Å²) >= 11 is 0. The molecule has 1 aliphatic heterocycles. The van der Waals surface area contributed by atoms with Crippen molar-refractivity contribution in [1.82, 2.24) is 0 Å². The Bertz CT molecular complexity index is 103. The Balaban J connectivity index is 2.33. The van der Waals surface area contributed by atoms with Crippen LogP contribution >= 0.6 is 0 Å². The summed E-state index contributed by atoms with van der Waals surface area (Å²) in [5.74, 6) is 1.36. The molecule has 0 aromatic rings. The fraction of sp³-hybridized carbons (Fsp3) is 1.00. The molecule has 0 spiro atoms.